The molecule has 26 heavy (non-hydrogen) atoms. The van der Waals surface area contributed by atoms with Gasteiger partial charge in [-0.2, -0.15) is 5.10 Å². The average molecular weight is 378 g/mol. The summed E-state index contributed by atoms with van der Waals surface area (Å²) >= 11 is 0. The van der Waals surface area contributed by atoms with Crippen LogP contribution < -0.4 is 0 Å². The SMILES string of the molecule is CCCCS(=O)(=O)N1CCC2(CC1)CCn1c(-c3cnn(C)c3)cnc12. The zero-order valence-electron chi connectivity index (χ0n) is 15.6. The molecule has 0 aromatic carbocycles. The van der Waals surface area contributed by atoms with Crippen LogP contribution in [0.25, 0.3) is 11.3 Å². The number of rotatable bonds is 5. The van der Waals surface area contributed by atoms with E-state index in [0.29, 0.717) is 13.1 Å². The van der Waals surface area contributed by atoms with Gasteiger partial charge < -0.3 is 4.57 Å². The second-order valence-electron chi connectivity index (χ2n) is 7.62. The van der Waals surface area contributed by atoms with Crippen molar-refractivity contribution < 1.29 is 8.42 Å². The lowest BCUT2D eigenvalue weighted by molar-refractivity contribution is 0.228. The molecule has 4 rings (SSSR count). The number of hydrogen-bond acceptors (Lipinski definition) is 4. The summed E-state index contributed by atoms with van der Waals surface area (Å²) in [4.78, 5) is 4.75. The van der Waals surface area contributed by atoms with E-state index in [-0.39, 0.29) is 11.2 Å². The van der Waals surface area contributed by atoms with Crippen LogP contribution in [0.1, 0.15) is 44.9 Å². The molecule has 2 aromatic rings. The van der Waals surface area contributed by atoms with Crippen molar-refractivity contribution in [3.63, 3.8) is 0 Å². The van der Waals surface area contributed by atoms with Crippen molar-refractivity contribution >= 4 is 10.0 Å². The molecule has 1 saturated heterocycles. The standard InChI is InChI=1S/C18H27N5O2S/c1-3-4-11-26(24,25)22-8-5-18(6-9-22)7-10-23-16(13-19-17(18)23)15-12-20-21(2)14-15/h12-14H,3-11H2,1-2H3. The van der Waals surface area contributed by atoms with Gasteiger partial charge in [-0.1, -0.05) is 13.3 Å². The van der Waals surface area contributed by atoms with Crippen LogP contribution in [-0.4, -0.2) is 50.9 Å². The van der Waals surface area contributed by atoms with E-state index in [1.807, 2.05) is 32.6 Å². The number of imidazole rings is 1. The molecule has 1 fully saturated rings. The summed E-state index contributed by atoms with van der Waals surface area (Å²) in [7, 11) is -1.19. The number of aryl methyl sites for hydroxylation is 1. The molecule has 2 aromatic heterocycles. The third kappa shape index (κ3) is 2.89. The van der Waals surface area contributed by atoms with Crippen molar-refractivity contribution in [2.45, 2.75) is 51.0 Å². The molecule has 0 N–H and O–H groups in total. The summed E-state index contributed by atoms with van der Waals surface area (Å²) in [5.74, 6) is 1.40. The van der Waals surface area contributed by atoms with E-state index in [0.717, 1.165) is 55.7 Å². The number of nitrogens with zero attached hydrogens (tertiary/aromatic N) is 5. The van der Waals surface area contributed by atoms with E-state index in [1.54, 1.807) is 8.99 Å². The monoisotopic (exact) mass is 377 g/mol. The van der Waals surface area contributed by atoms with Crippen molar-refractivity contribution in [2.24, 2.45) is 7.05 Å². The highest BCUT2D eigenvalue weighted by molar-refractivity contribution is 7.89. The molecule has 8 heteroatoms. The zero-order chi connectivity index (χ0) is 18.4. The van der Waals surface area contributed by atoms with Gasteiger partial charge >= 0.3 is 0 Å². The molecule has 1 spiro atoms. The van der Waals surface area contributed by atoms with Crippen LogP contribution in [0.2, 0.25) is 0 Å². The van der Waals surface area contributed by atoms with Crippen LogP contribution in [0.15, 0.2) is 18.6 Å². The van der Waals surface area contributed by atoms with Crippen molar-refractivity contribution in [3.8, 4) is 11.3 Å². The number of unbranched alkanes of at least 4 members (excludes halogenated alkanes) is 1. The zero-order valence-corrected chi connectivity index (χ0v) is 16.4. The Balaban J connectivity index is 1.53. The van der Waals surface area contributed by atoms with E-state index < -0.39 is 10.0 Å². The predicted octanol–water partition coefficient (Wildman–Crippen LogP) is 2.15. The molecule has 0 bridgehead atoms. The van der Waals surface area contributed by atoms with Crippen LogP contribution in [0.4, 0.5) is 0 Å². The molecule has 0 unspecified atom stereocenters. The van der Waals surface area contributed by atoms with Gasteiger partial charge in [0.2, 0.25) is 10.0 Å². The highest BCUT2D eigenvalue weighted by atomic mass is 32.2. The second-order valence-corrected chi connectivity index (χ2v) is 9.71. The molecule has 0 aliphatic carbocycles. The average Bonchev–Trinajstić information content (AvgIpc) is 3.31. The molecule has 0 atom stereocenters. The summed E-state index contributed by atoms with van der Waals surface area (Å²) in [5.41, 5.74) is 2.22. The molecule has 2 aliphatic rings. The third-order valence-corrected chi connectivity index (χ3v) is 7.93. The van der Waals surface area contributed by atoms with E-state index >= 15 is 0 Å². The van der Waals surface area contributed by atoms with Crippen molar-refractivity contribution in [2.75, 3.05) is 18.8 Å². The Morgan fingerprint density at radius 3 is 2.54 bits per heavy atom. The Bertz CT molecular complexity index is 891. The first-order valence-corrected chi connectivity index (χ1v) is 11.1. The van der Waals surface area contributed by atoms with Crippen molar-refractivity contribution in [1.29, 1.82) is 0 Å². The lowest BCUT2D eigenvalue weighted by Gasteiger charge is -2.37. The van der Waals surface area contributed by atoms with Crippen LogP contribution in [-0.2, 0) is 29.0 Å². The van der Waals surface area contributed by atoms with Crippen molar-refractivity contribution in [3.05, 3.63) is 24.4 Å². The number of fused-ring (bicyclic) bond motifs is 2. The van der Waals surface area contributed by atoms with Gasteiger partial charge in [-0.25, -0.2) is 17.7 Å². The molecule has 0 amide bonds. The predicted molar refractivity (Wildman–Crippen MR) is 100 cm³/mol. The molecular formula is C18H27N5O2S. The van der Waals surface area contributed by atoms with Crippen LogP contribution in [0.3, 0.4) is 0 Å². The number of aromatic nitrogens is 4. The van der Waals surface area contributed by atoms with Gasteiger partial charge in [0.05, 0.1) is 23.8 Å². The minimum absolute atomic E-state index is 0.0250. The number of hydrogen-bond donors (Lipinski definition) is 0. The minimum Gasteiger partial charge on any atom is -0.327 e. The van der Waals surface area contributed by atoms with Gasteiger partial charge in [0, 0.05) is 43.9 Å². The molecule has 4 heterocycles. The minimum atomic E-state index is -3.11. The summed E-state index contributed by atoms with van der Waals surface area (Å²) < 4.78 is 30.8. The van der Waals surface area contributed by atoms with Gasteiger partial charge in [0.15, 0.2) is 0 Å². The lowest BCUT2D eigenvalue weighted by Crippen LogP contribution is -2.45. The van der Waals surface area contributed by atoms with Gasteiger partial charge in [0.1, 0.15) is 5.82 Å². The molecule has 0 radical (unpaired) electrons. The largest absolute Gasteiger partial charge is 0.327 e. The fourth-order valence-corrected chi connectivity index (χ4v) is 6.02. The highest BCUT2D eigenvalue weighted by Crippen LogP contribution is 2.44. The first kappa shape index (κ1) is 17.7. The molecule has 2 aliphatic heterocycles. The molecule has 0 saturated carbocycles. The van der Waals surface area contributed by atoms with E-state index in [9.17, 15) is 8.42 Å². The lowest BCUT2D eigenvalue weighted by atomic mass is 9.77. The summed E-state index contributed by atoms with van der Waals surface area (Å²) in [6, 6.07) is 0. The second kappa shape index (κ2) is 6.49. The topological polar surface area (TPSA) is 73.0 Å². The summed E-state index contributed by atoms with van der Waals surface area (Å²) in [6.45, 7) is 4.20. The van der Waals surface area contributed by atoms with Crippen LogP contribution >= 0.6 is 0 Å². The van der Waals surface area contributed by atoms with Gasteiger partial charge in [-0.3, -0.25) is 4.68 Å². The number of piperidine rings is 1. The Kier molecular flexibility index (Phi) is 4.43. The Labute approximate surface area is 155 Å². The third-order valence-electron chi connectivity index (χ3n) is 5.97. The molecule has 7 nitrogen and oxygen atoms in total. The Hall–Kier alpha value is -1.67. The number of sulfonamides is 1. The molecular weight excluding hydrogens is 350 g/mol. The first-order chi connectivity index (χ1) is 12.5. The fraction of sp³-hybridized carbons (Fsp3) is 0.667. The van der Waals surface area contributed by atoms with Gasteiger partial charge in [-0.15, -0.1) is 0 Å². The van der Waals surface area contributed by atoms with Crippen LogP contribution in [0, 0.1) is 0 Å². The van der Waals surface area contributed by atoms with Gasteiger partial charge in [0.25, 0.3) is 0 Å². The quantitative estimate of drug-likeness (QED) is 0.800. The summed E-state index contributed by atoms with van der Waals surface area (Å²) in [6.07, 6.45) is 10.2. The smallest absolute Gasteiger partial charge is 0.214 e. The summed E-state index contributed by atoms with van der Waals surface area (Å²) in [5, 5.41) is 4.27. The maximum absolute atomic E-state index is 12.5. The Morgan fingerprint density at radius 2 is 1.88 bits per heavy atom. The maximum Gasteiger partial charge on any atom is 0.214 e. The maximum atomic E-state index is 12.5. The van der Waals surface area contributed by atoms with E-state index in [2.05, 4.69) is 9.67 Å². The molecule has 142 valence electrons. The Morgan fingerprint density at radius 1 is 1.15 bits per heavy atom. The highest BCUT2D eigenvalue weighted by Gasteiger charge is 2.45. The first-order valence-electron chi connectivity index (χ1n) is 9.48. The van der Waals surface area contributed by atoms with Crippen LogP contribution in [0.5, 0.6) is 0 Å². The normalized spacial score (nSPS) is 19.9. The fourth-order valence-electron chi connectivity index (χ4n) is 4.37. The van der Waals surface area contributed by atoms with Gasteiger partial charge in [-0.05, 0) is 25.7 Å². The van der Waals surface area contributed by atoms with E-state index in [4.69, 9.17) is 4.98 Å². The van der Waals surface area contributed by atoms with E-state index in [1.165, 1.54) is 0 Å². The van der Waals surface area contributed by atoms with Crippen molar-refractivity contribution in [1.82, 2.24) is 23.6 Å².